The number of hydrogen-bond acceptors (Lipinski definition) is 6. The number of aliphatic hydroxyl groups excluding tert-OH is 2. The monoisotopic (exact) mass is 264 g/mol. The number of fused-ring (bicyclic) bond motifs is 1. The van der Waals surface area contributed by atoms with Gasteiger partial charge in [-0.2, -0.15) is 0 Å². The van der Waals surface area contributed by atoms with Crippen molar-refractivity contribution in [1.82, 2.24) is 4.98 Å². The summed E-state index contributed by atoms with van der Waals surface area (Å²) in [7, 11) is 0. The van der Waals surface area contributed by atoms with Gasteiger partial charge in [-0.25, -0.2) is 4.98 Å². The van der Waals surface area contributed by atoms with Crippen LogP contribution in [0.4, 0.5) is 5.69 Å². The van der Waals surface area contributed by atoms with Crippen LogP contribution < -0.4 is 4.74 Å². The molecular formula is C12H12N2O5. The maximum absolute atomic E-state index is 10.9. The molecule has 0 aliphatic heterocycles. The van der Waals surface area contributed by atoms with Crippen molar-refractivity contribution in [2.45, 2.75) is 6.10 Å². The molecule has 0 aliphatic carbocycles. The van der Waals surface area contributed by atoms with Crippen molar-refractivity contribution in [2.75, 3.05) is 13.2 Å². The summed E-state index contributed by atoms with van der Waals surface area (Å²) < 4.78 is 5.33. The molecule has 1 atom stereocenters. The quantitative estimate of drug-likeness (QED) is 0.613. The molecule has 2 N–H and O–H groups in total. The summed E-state index contributed by atoms with van der Waals surface area (Å²) >= 11 is 0. The zero-order valence-corrected chi connectivity index (χ0v) is 9.89. The summed E-state index contributed by atoms with van der Waals surface area (Å²) in [6, 6.07) is 6.04. The van der Waals surface area contributed by atoms with Gasteiger partial charge in [-0.3, -0.25) is 10.1 Å². The number of nitrogens with zero attached hydrogens (tertiary/aromatic N) is 2. The fourth-order valence-electron chi connectivity index (χ4n) is 1.64. The second-order valence-electron chi connectivity index (χ2n) is 3.89. The number of aliphatic hydroxyl groups is 2. The average Bonchev–Trinajstić information content (AvgIpc) is 2.43. The highest BCUT2D eigenvalue weighted by Gasteiger charge is 2.16. The summed E-state index contributed by atoms with van der Waals surface area (Å²) in [4.78, 5) is 14.4. The van der Waals surface area contributed by atoms with E-state index in [-0.39, 0.29) is 17.8 Å². The van der Waals surface area contributed by atoms with Crippen molar-refractivity contribution < 1.29 is 19.9 Å². The maximum Gasteiger partial charge on any atom is 0.295 e. The minimum atomic E-state index is -0.998. The van der Waals surface area contributed by atoms with Crippen LogP contribution in [-0.2, 0) is 0 Å². The Morgan fingerprint density at radius 1 is 1.42 bits per heavy atom. The van der Waals surface area contributed by atoms with Gasteiger partial charge in [0.2, 0.25) is 0 Å². The third kappa shape index (κ3) is 2.78. The third-order valence-electron chi connectivity index (χ3n) is 2.55. The first-order chi connectivity index (χ1) is 9.13. The van der Waals surface area contributed by atoms with Gasteiger partial charge in [0.15, 0.2) is 5.52 Å². The zero-order chi connectivity index (χ0) is 13.8. The lowest BCUT2D eigenvalue weighted by Crippen LogP contribution is -2.21. The van der Waals surface area contributed by atoms with Gasteiger partial charge in [-0.1, -0.05) is 0 Å². The third-order valence-corrected chi connectivity index (χ3v) is 2.55. The van der Waals surface area contributed by atoms with Crippen LogP contribution in [0.1, 0.15) is 0 Å². The van der Waals surface area contributed by atoms with Crippen LogP contribution >= 0.6 is 0 Å². The fourth-order valence-corrected chi connectivity index (χ4v) is 1.64. The average molecular weight is 264 g/mol. The van der Waals surface area contributed by atoms with E-state index in [1.165, 1.54) is 18.3 Å². The molecule has 1 aromatic carbocycles. The van der Waals surface area contributed by atoms with Gasteiger partial charge in [-0.05, 0) is 18.2 Å². The number of ether oxygens (including phenoxy) is 1. The second kappa shape index (κ2) is 5.59. The number of aromatic nitrogens is 1. The number of pyridine rings is 1. The van der Waals surface area contributed by atoms with Crippen molar-refractivity contribution in [3.63, 3.8) is 0 Å². The molecule has 100 valence electrons. The van der Waals surface area contributed by atoms with E-state index in [9.17, 15) is 15.2 Å². The number of nitro benzene ring substituents is 1. The topological polar surface area (TPSA) is 106 Å². The minimum Gasteiger partial charge on any atom is -0.490 e. The molecule has 2 rings (SSSR count). The van der Waals surface area contributed by atoms with Crippen LogP contribution in [0.2, 0.25) is 0 Å². The molecule has 7 nitrogen and oxygen atoms in total. The molecule has 1 unspecified atom stereocenters. The molecule has 0 aliphatic rings. The van der Waals surface area contributed by atoms with E-state index in [4.69, 9.17) is 9.84 Å². The lowest BCUT2D eigenvalue weighted by molar-refractivity contribution is -0.383. The summed E-state index contributed by atoms with van der Waals surface area (Å²) in [6.45, 7) is -0.512. The molecule has 19 heavy (non-hydrogen) atoms. The lowest BCUT2D eigenvalue weighted by Gasteiger charge is -2.11. The Hall–Kier alpha value is -2.25. The van der Waals surface area contributed by atoms with Gasteiger partial charge < -0.3 is 14.9 Å². The van der Waals surface area contributed by atoms with Gasteiger partial charge in [-0.15, -0.1) is 0 Å². The standard InChI is InChI=1S/C12H12N2O5/c15-6-8(16)7-19-11-4-3-10(14(17)18)12-9(11)2-1-5-13-12/h1-5,8,15-16H,6-7H2. The molecular weight excluding hydrogens is 252 g/mol. The van der Waals surface area contributed by atoms with E-state index in [1.807, 2.05) is 0 Å². The van der Waals surface area contributed by atoms with Crippen LogP contribution in [0.3, 0.4) is 0 Å². The Morgan fingerprint density at radius 3 is 2.89 bits per heavy atom. The molecule has 0 spiro atoms. The Labute approximate surface area is 108 Å². The van der Waals surface area contributed by atoms with Crippen LogP contribution in [-0.4, -0.2) is 39.4 Å². The highest BCUT2D eigenvalue weighted by Crippen LogP contribution is 2.31. The van der Waals surface area contributed by atoms with E-state index in [1.54, 1.807) is 12.1 Å². The first-order valence-electron chi connectivity index (χ1n) is 5.57. The van der Waals surface area contributed by atoms with Gasteiger partial charge in [0.25, 0.3) is 5.69 Å². The minimum absolute atomic E-state index is 0.0989. The van der Waals surface area contributed by atoms with E-state index in [0.717, 1.165) is 0 Å². The van der Waals surface area contributed by atoms with Crippen molar-refractivity contribution in [3.8, 4) is 5.75 Å². The summed E-state index contributed by atoms with van der Waals surface area (Å²) in [5, 5.41) is 29.3. The predicted molar refractivity (Wildman–Crippen MR) is 67.0 cm³/mol. The van der Waals surface area contributed by atoms with E-state index < -0.39 is 17.6 Å². The van der Waals surface area contributed by atoms with Crippen molar-refractivity contribution >= 4 is 16.6 Å². The first-order valence-corrected chi connectivity index (χ1v) is 5.57. The normalized spacial score (nSPS) is 12.3. The van der Waals surface area contributed by atoms with E-state index >= 15 is 0 Å². The van der Waals surface area contributed by atoms with Crippen LogP contribution in [0.15, 0.2) is 30.5 Å². The summed E-state index contributed by atoms with van der Waals surface area (Å²) in [6.07, 6.45) is 0.462. The Balaban J connectivity index is 2.41. The number of non-ortho nitro benzene ring substituents is 1. The Kier molecular flexibility index (Phi) is 3.88. The Bertz CT molecular complexity index is 602. The van der Waals surface area contributed by atoms with Crippen LogP contribution in [0.25, 0.3) is 10.9 Å². The van der Waals surface area contributed by atoms with E-state index in [0.29, 0.717) is 11.1 Å². The molecule has 0 radical (unpaired) electrons. The molecule has 0 fully saturated rings. The molecule has 7 heteroatoms. The highest BCUT2D eigenvalue weighted by atomic mass is 16.6. The lowest BCUT2D eigenvalue weighted by atomic mass is 10.1. The molecule has 0 saturated heterocycles. The predicted octanol–water partition coefficient (Wildman–Crippen LogP) is 0.875. The largest absolute Gasteiger partial charge is 0.490 e. The molecule has 0 amide bonds. The molecule has 1 aromatic heterocycles. The maximum atomic E-state index is 10.9. The summed E-state index contributed by atoms with van der Waals surface area (Å²) in [5.41, 5.74) is 0.120. The van der Waals surface area contributed by atoms with Crippen molar-refractivity contribution in [3.05, 3.63) is 40.6 Å². The zero-order valence-electron chi connectivity index (χ0n) is 9.89. The molecule has 2 aromatic rings. The summed E-state index contributed by atoms with van der Waals surface area (Å²) in [5.74, 6) is 0.376. The number of rotatable bonds is 5. The van der Waals surface area contributed by atoms with Gasteiger partial charge in [0.05, 0.1) is 11.5 Å². The number of hydrogen-bond donors (Lipinski definition) is 2. The molecule has 1 heterocycles. The van der Waals surface area contributed by atoms with E-state index in [2.05, 4.69) is 4.98 Å². The van der Waals surface area contributed by atoms with Gasteiger partial charge in [0, 0.05) is 17.6 Å². The van der Waals surface area contributed by atoms with Crippen molar-refractivity contribution in [2.24, 2.45) is 0 Å². The smallest absolute Gasteiger partial charge is 0.295 e. The first kappa shape index (κ1) is 13.2. The fraction of sp³-hybridized carbons (Fsp3) is 0.250. The van der Waals surface area contributed by atoms with Gasteiger partial charge >= 0.3 is 0 Å². The molecule has 0 bridgehead atoms. The van der Waals surface area contributed by atoms with Crippen molar-refractivity contribution in [1.29, 1.82) is 0 Å². The number of nitro groups is 1. The highest BCUT2D eigenvalue weighted by molar-refractivity contribution is 5.91. The molecule has 0 saturated carbocycles. The van der Waals surface area contributed by atoms with Gasteiger partial charge in [0.1, 0.15) is 18.5 Å². The second-order valence-corrected chi connectivity index (χ2v) is 3.89. The van der Waals surface area contributed by atoms with Crippen LogP contribution in [0.5, 0.6) is 5.75 Å². The SMILES string of the molecule is O=[N+]([O-])c1ccc(OCC(O)CO)c2cccnc12. The van der Waals surface area contributed by atoms with Crippen LogP contribution in [0, 0.1) is 10.1 Å². The Morgan fingerprint density at radius 2 is 2.21 bits per heavy atom. The number of benzene rings is 1.